The van der Waals surface area contributed by atoms with Crippen LogP contribution in [0.3, 0.4) is 0 Å². The minimum atomic E-state index is -0.355. The molecule has 0 radical (unpaired) electrons. The Morgan fingerprint density at radius 3 is 2.59 bits per heavy atom. The molecule has 0 aromatic carbocycles. The molecule has 0 spiro atoms. The van der Waals surface area contributed by atoms with Crippen molar-refractivity contribution in [1.82, 2.24) is 5.32 Å². The van der Waals surface area contributed by atoms with Gasteiger partial charge in [-0.3, -0.25) is 0 Å². The van der Waals surface area contributed by atoms with Gasteiger partial charge in [0.1, 0.15) is 0 Å². The van der Waals surface area contributed by atoms with Crippen LogP contribution >= 0.6 is 0 Å². The average molecular weight is 239 g/mol. The minimum Gasteiger partial charge on any atom is -0.390 e. The summed E-state index contributed by atoms with van der Waals surface area (Å²) in [6.45, 7) is 7.48. The molecule has 2 nitrogen and oxygen atoms in total. The number of hydrogen-bond donors (Lipinski definition) is 2. The van der Waals surface area contributed by atoms with Crippen molar-refractivity contribution in [2.75, 3.05) is 6.54 Å². The number of allylic oxidation sites excluding steroid dienone is 2. The first kappa shape index (κ1) is 14.7. The maximum Gasteiger partial charge on any atom is 0.0659 e. The molecule has 1 saturated carbocycles. The van der Waals surface area contributed by atoms with Crippen LogP contribution in [0.15, 0.2) is 11.6 Å². The first-order chi connectivity index (χ1) is 8.02. The van der Waals surface area contributed by atoms with Crippen molar-refractivity contribution in [1.29, 1.82) is 0 Å². The summed E-state index contributed by atoms with van der Waals surface area (Å²) >= 11 is 0. The third-order valence-electron chi connectivity index (χ3n) is 3.77. The molecule has 2 N–H and O–H groups in total. The van der Waals surface area contributed by atoms with Gasteiger partial charge in [-0.1, -0.05) is 24.5 Å². The summed E-state index contributed by atoms with van der Waals surface area (Å²) in [6, 6.07) is 0.551. The van der Waals surface area contributed by atoms with Gasteiger partial charge >= 0.3 is 0 Å². The zero-order valence-electron chi connectivity index (χ0n) is 11.8. The normalized spacial score (nSPS) is 20.2. The second kappa shape index (κ2) is 7.17. The van der Waals surface area contributed by atoms with Crippen LogP contribution in [0.2, 0.25) is 0 Å². The smallest absolute Gasteiger partial charge is 0.0659 e. The van der Waals surface area contributed by atoms with E-state index in [9.17, 15) is 5.11 Å². The summed E-state index contributed by atoms with van der Waals surface area (Å²) in [4.78, 5) is 0. The summed E-state index contributed by atoms with van der Waals surface area (Å²) in [6.07, 6.45) is 9.95. The van der Waals surface area contributed by atoms with Crippen molar-refractivity contribution in [2.24, 2.45) is 0 Å². The SMILES string of the molecule is CC(C)=CCCC(C)NCCC1(O)CCCC1. The molecule has 17 heavy (non-hydrogen) atoms. The molecule has 1 aliphatic carbocycles. The first-order valence-electron chi connectivity index (χ1n) is 7.11. The molecule has 0 bridgehead atoms. The van der Waals surface area contributed by atoms with Crippen LogP contribution in [-0.4, -0.2) is 23.3 Å². The zero-order valence-corrected chi connectivity index (χ0v) is 11.8. The fourth-order valence-corrected chi connectivity index (χ4v) is 2.56. The molecule has 0 amide bonds. The molecule has 1 aliphatic rings. The van der Waals surface area contributed by atoms with Gasteiger partial charge in [0.25, 0.3) is 0 Å². The summed E-state index contributed by atoms with van der Waals surface area (Å²) in [5.41, 5.74) is 1.05. The number of rotatable bonds is 7. The Balaban J connectivity index is 2.07. The second-order valence-electron chi connectivity index (χ2n) is 5.90. The number of aliphatic hydroxyl groups is 1. The topological polar surface area (TPSA) is 32.3 Å². The van der Waals surface area contributed by atoms with E-state index in [1.807, 2.05) is 0 Å². The summed E-state index contributed by atoms with van der Waals surface area (Å²) in [5.74, 6) is 0. The quantitative estimate of drug-likeness (QED) is 0.667. The average Bonchev–Trinajstić information content (AvgIpc) is 2.65. The Morgan fingerprint density at radius 1 is 1.35 bits per heavy atom. The summed E-state index contributed by atoms with van der Waals surface area (Å²) in [7, 11) is 0. The van der Waals surface area contributed by atoms with Crippen LogP contribution in [0.4, 0.5) is 0 Å². The van der Waals surface area contributed by atoms with Gasteiger partial charge in [0.2, 0.25) is 0 Å². The van der Waals surface area contributed by atoms with Gasteiger partial charge in [-0.05, 0) is 59.4 Å². The van der Waals surface area contributed by atoms with Crippen molar-refractivity contribution < 1.29 is 5.11 Å². The van der Waals surface area contributed by atoms with E-state index < -0.39 is 0 Å². The summed E-state index contributed by atoms with van der Waals surface area (Å²) in [5, 5.41) is 13.7. The lowest BCUT2D eigenvalue weighted by Crippen LogP contribution is -2.34. The van der Waals surface area contributed by atoms with Crippen LogP contribution in [0.5, 0.6) is 0 Å². The van der Waals surface area contributed by atoms with E-state index in [-0.39, 0.29) is 5.60 Å². The van der Waals surface area contributed by atoms with E-state index >= 15 is 0 Å². The van der Waals surface area contributed by atoms with Crippen LogP contribution in [0.25, 0.3) is 0 Å². The van der Waals surface area contributed by atoms with Crippen molar-refractivity contribution in [3.63, 3.8) is 0 Å². The Hall–Kier alpha value is -0.340. The molecule has 1 unspecified atom stereocenters. The molecule has 1 rings (SSSR count). The predicted molar refractivity (Wildman–Crippen MR) is 74.2 cm³/mol. The van der Waals surface area contributed by atoms with Gasteiger partial charge in [-0.2, -0.15) is 0 Å². The van der Waals surface area contributed by atoms with Crippen LogP contribution in [-0.2, 0) is 0 Å². The Kier molecular flexibility index (Phi) is 6.21. The fourth-order valence-electron chi connectivity index (χ4n) is 2.56. The monoisotopic (exact) mass is 239 g/mol. The minimum absolute atomic E-state index is 0.355. The van der Waals surface area contributed by atoms with Gasteiger partial charge in [-0.25, -0.2) is 0 Å². The molecular weight excluding hydrogens is 210 g/mol. The molecule has 1 atom stereocenters. The van der Waals surface area contributed by atoms with Crippen LogP contribution in [0, 0.1) is 0 Å². The Labute approximate surface area is 106 Å². The van der Waals surface area contributed by atoms with Gasteiger partial charge in [-0.15, -0.1) is 0 Å². The number of nitrogens with one attached hydrogen (secondary N) is 1. The van der Waals surface area contributed by atoms with Gasteiger partial charge in [0.05, 0.1) is 5.60 Å². The standard InChI is InChI=1S/C15H29NO/c1-13(2)7-6-8-14(3)16-12-11-15(17)9-4-5-10-15/h7,14,16-17H,4-6,8-12H2,1-3H3. The van der Waals surface area contributed by atoms with E-state index in [1.54, 1.807) is 0 Å². The number of hydrogen-bond acceptors (Lipinski definition) is 2. The first-order valence-corrected chi connectivity index (χ1v) is 7.11. The van der Waals surface area contributed by atoms with Crippen LogP contribution < -0.4 is 5.32 Å². The van der Waals surface area contributed by atoms with Crippen LogP contribution in [0.1, 0.15) is 65.7 Å². The lowest BCUT2D eigenvalue weighted by atomic mass is 9.98. The van der Waals surface area contributed by atoms with E-state index in [0.717, 1.165) is 32.2 Å². The molecule has 0 aromatic rings. The van der Waals surface area contributed by atoms with Crippen molar-refractivity contribution in [3.8, 4) is 0 Å². The zero-order chi connectivity index (χ0) is 12.7. The van der Waals surface area contributed by atoms with Crippen molar-refractivity contribution >= 4 is 0 Å². The van der Waals surface area contributed by atoms with Gasteiger partial charge in [0, 0.05) is 6.04 Å². The van der Waals surface area contributed by atoms with Crippen molar-refractivity contribution in [2.45, 2.75) is 77.4 Å². The molecule has 0 heterocycles. The fraction of sp³-hybridized carbons (Fsp3) is 0.867. The predicted octanol–water partition coefficient (Wildman–Crippen LogP) is 3.41. The lowest BCUT2D eigenvalue weighted by molar-refractivity contribution is 0.0385. The van der Waals surface area contributed by atoms with E-state index in [0.29, 0.717) is 6.04 Å². The second-order valence-corrected chi connectivity index (χ2v) is 5.90. The highest BCUT2D eigenvalue weighted by atomic mass is 16.3. The highest BCUT2D eigenvalue weighted by Crippen LogP contribution is 2.31. The van der Waals surface area contributed by atoms with Gasteiger partial charge < -0.3 is 10.4 Å². The maximum absolute atomic E-state index is 10.2. The van der Waals surface area contributed by atoms with E-state index in [1.165, 1.54) is 24.8 Å². The molecular formula is C15H29NO. The molecule has 0 aliphatic heterocycles. The van der Waals surface area contributed by atoms with E-state index in [2.05, 4.69) is 32.2 Å². The Morgan fingerprint density at radius 2 is 2.00 bits per heavy atom. The lowest BCUT2D eigenvalue weighted by Gasteiger charge is -2.23. The van der Waals surface area contributed by atoms with Crippen molar-refractivity contribution in [3.05, 3.63) is 11.6 Å². The molecule has 0 saturated heterocycles. The summed E-state index contributed by atoms with van der Waals surface area (Å²) < 4.78 is 0. The maximum atomic E-state index is 10.2. The van der Waals surface area contributed by atoms with E-state index in [4.69, 9.17) is 0 Å². The third-order valence-corrected chi connectivity index (χ3v) is 3.77. The third kappa shape index (κ3) is 6.23. The van der Waals surface area contributed by atoms with Gasteiger partial charge in [0.15, 0.2) is 0 Å². The molecule has 0 aromatic heterocycles. The largest absolute Gasteiger partial charge is 0.390 e. The molecule has 1 fully saturated rings. The highest BCUT2D eigenvalue weighted by Gasteiger charge is 2.30. The molecule has 100 valence electrons. The molecule has 2 heteroatoms. The Bertz CT molecular complexity index is 237. The highest BCUT2D eigenvalue weighted by molar-refractivity contribution is 4.93.